The van der Waals surface area contributed by atoms with Gasteiger partial charge in [0.15, 0.2) is 11.6 Å². The maximum Gasteiger partial charge on any atom is 0.308 e. The highest BCUT2D eigenvalue weighted by Gasteiger charge is 2.17. The highest BCUT2D eigenvalue weighted by Crippen LogP contribution is 2.19. The van der Waals surface area contributed by atoms with Gasteiger partial charge in [-0.1, -0.05) is 13.0 Å². The lowest BCUT2D eigenvalue weighted by Gasteiger charge is -2.10. The molecule has 0 aliphatic rings. The Hall–Kier alpha value is -2.11. The summed E-state index contributed by atoms with van der Waals surface area (Å²) in [4.78, 5) is 22.2. The summed E-state index contributed by atoms with van der Waals surface area (Å²) in [6, 6.07) is 4.18. The van der Waals surface area contributed by atoms with Gasteiger partial charge in [-0.2, -0.15) is 0 Å². The number of carboxylic acids is 1. The van der Waals surface area contributed by atoms with Crippen molar-refractivity contribution in [3.63, 3.8) is 0 Å². The molecule has 0 spiro atoms. The Balaban J connectivity index is 2.76. The quantitative estimate of drug-likeness (QED) is 0.831. The standard InChI is InChI=1S/C12H14FNO4/c1-7(12(16)17)6-14-11(15)8-4-3-5-9(18-2)10(8)13/h3-5,7H,6H2,1-2H3,(H,14,15)(H,16,17). The van der Waals surface area contributed by atoms with E-state index < -0.39 is 23.6 Å². The van der Waals surface area contributed by atoms with E-state index in [9.17, 15) is 14.0 Å². The Morgan fingerprint density at radius 2 is 2.17 bits per heavy atom. The molecule has 1 unspecified atom stereocenters. The first-order valence-electron chi connectivity index (χ1n) is 5.31. The molecule has 98 valence electrons. The molecule has 0 bridgehead atoms. The third-order valence-electron chi connectivity index (χ3n) is 2.42. The van der Waals surface area contributed by atoms with E-state index in [1.807, 2.05) is 0 Å². The number of benzene rings is 1. The molecule has 1 atom stereocenters. The zero-order chi connectivity index (χ0) is 13.7. The van der Waals surface area contributed by atoms with Crippen LogP contribution in [0.25, 0.3) is 0 Å². The summed E-state index contributed by atoms with van der Waals surface area (Å²) in [6.45, 7) is 1.38. The van der Waals surface area contributed by atoms with Gasteiger partial charge in [-0.05, 0) is 12.1 Å². The minimum Gasteiger partial charge on any atom is -0.494 e. The third-order valence-corrected chi connectivity index (χ3v) is 2.42. The van der Waals surface area contributed by atoms with Crippen molar-refractivity contribution in [1.29, 1.82) is 0 Å². The molecule has 0 aliphatic heterocycles. The van der Waals surface area contributed by atoms with E-state index in [1.54, 1.807) is 0 Å². The maximum atomic E-state index is 13.7. The van der Waals surface area contributed by atoms with Crippen LogP contribution in [0.2, 0.25) is 0 Å². The highest BCUT2D eigenvalue weighted by molar-refractivity contribution is 5.95. The van der Waals surface area contributed by atoms with Crippen LogP contribution in [0.5, 0.6) is 5.75 Å². The number of amides is 1. The van der Waals surface area contributed by atoms with Crippen LogP contribution in [-0.4, -0.2) is 30.6 Å². The zero-order valence-corrected chi connectivity index (χ0v) is 10.1. The van der Waals surface area contributed by atoms with E-state index >= 15 is 0 Å². The van der Waals surface area contributed by atoms with Crippen molar-refractivity contribution < 1.29 is 23.8 Å². The van der Waals surface area contributed by atoms with Crippen molar-refractivity contribution in [2.75, 3.05) is 13.7 Å². The van der Waals surface area contributed by atoms with Crippen LogP contribution < -0.4 is 10.1 Å². The molecule has 1 rings (SSSR count). The number of nitrogens with one attached hydrogen (secondary N) is 1. The Bertz CT molecular complexity index is 461. The molecular formula is C12H14FNO4. The summed E-state index contributed by atoms with van der Waals surface area (Å²) in [7, 11) is 1.30. The second-order valence-corrected chi connectivity index (χ2v) is 3.77. The second kappa shape index (κ2) is 6.00. The van der Waals surface area contributed by atoms with Crippen molar-refractivity contribution in [2.45, 2.75) is 6.92 Å². The summed E-state index contributed by atoms with van der Waals surface area (Å²) >= 11 is 0. The van der Waals surface area contributed by atoms with Crippen molar-refractivity contribution in [1.82, 2.24) is 5.32 Å². The van der Waals surface area contributed by atoms with E-state index in [0.717, 1.165) is 0 Å². The Morgan fingerprint density at radius 3 is 2.72 bits per heavy atom. The number of carbonyl (C=O) groups excluding carboxylic acids is 1. The van der Waals surface area contributed by atoms with Crippen LogP contribution in [0.15, 0.2) is 18.2 Å². The van der Waals surface area contributed by atoms with Crippen LogP contribution in [-0.2, 0) is 4.79 Å². The largest absolute Gasteiger partial charge is 0.494 e. The van der Waals surface area contributed by atoms with Gasteiger partial charge in [0.05, 0.1) is 18.6 Å². The van der Waals surface area contributed by atoms with Crippen molar-refractivity contribution in [3.05, 3.63) is 29.6 Å². The average molecular weight is 255 g/mol. The van der Waals surface area contributed by atoms with E-state index in [0.29, 0.717) is 0 Å². The fraction of sp³-hybridized carbons (Fsp3) is 0.333. The van der Waals surface area contributed by atoms with E-state index in [2.05, 4.69) is 5.32 Å². The summed E-state index contributed by atoms with van der Waals surface area (Å²) in [5, 5.41) is 11.0. The third kappa shape index (κ3) is 3.19. The summed E-state index contributed by atoms with van der Waals surface area (Å²) in [5.41, 5.74) is -0.174. The van der Waals surface area contributed by atoms with Crippen molar-refractivity contribution in [3.8, 4) is 5.75 Å². The predicted molar refractivity (Wildman–Crippen MR) is 62.1 cm³/mol. The first-order chi connectivity index (χ1) is 8.47. The molecule has 2 N–H and O–H groups in total. The first-order valence-corrected chi connectivity index (χ1v) is 5.31. The normalized spacial score (nSPS) is 11.7. The van der Waals surface area contributed by atoms with Crippen molar-refractivity contribution in [2.24, 2.45) is 5.92 Å². The molecule has 0 aliphatic carbocycles. The van der Waals surface area contributed by atoms with Crippen molar-refractivity contribution >= 4 is 11.9 Å². The molecule has 0 aromatic heterocycles. The number of rotatable bonds is 5. The summed E-state index contributed by atoms with van der Waals surface area (Å²) < 4.78 is 18.5. The Labute approximate surface area is 104 Å². The van der Waals surface area contributed by atoms with E-state index in [-0.39, 0.29) is 17.9 Å². The monoisotopic (exact) mass is 255 g/mol. The number of halogens is 1. The SMILES string of the molecule is COc1cccc(C(=O)NCC(C)C(=O)O)c1F. The Kier molecular flexibility index (Phi) is 4.65. The molecular weight excluding hydrogens is 241 g/mol. The fourth-order valence-corrected chi connectivity index (χ4v) is 1.27. The van der Waals surface area contributed by atoms with Gasteiger partial charge in [0.2, 0.25) is 0 Å². The minimum absolute atomic E-state index is 0.0334. The Morgan fingerprint density at radius 1 is 1.50 bits per heavy atom. The smallest absolute Gasteiger partial charge is 0.308 e. The number of ether oxygens (including phenoxy) is 1. The molecule has 5 nitrogen and oxygen atoms in total. The molecule has 18 heavy (non-hydrogen) atoms. The second-order valence-electron chi connectivity index (χ2n) is 3.77. The zero-order valence-electron chi connectivity index (χ0n) is 10.1. The summed E-state index contributed by atoms with van der Waals surface area (Å²) in [5.74, 6) is -3.22. The number of carboxylic acid groups (broad SMARTS) is 1. The van der Waals surface area contributed by atoms with Gasteiger partial charge in [0.1, 0.15) is 0 Å². The fourth-order valence-electron chi connectivity index (χ4n) is 1.27. The molecule has 0 radical (unpaired) electrons. The van der Waals surface area contributed by atoms with Crippen LogP contribution >= 0.6 is 0 Å². The lowest BCUT2D eigenvalue weighted by Crippen LogP contribution is -2.32. The molecule has 0 fully saturated rings. The molecule has 1 amide bonds. The lowest BCUT2D eigenvalue weighted by molar-refractivity contribution is -0.140. The molecule has 0 saturated carbocycles. The molecule has 0 heterocycles. The van der Waals surface area contributed by atoms with Gasteiger partial charge in [0.25, 0.3) is 5.91 Å². The number of carbonyl (C=O) groups is 2. The van der Waals surface area contributed by atoms with Gasteiger partial charge in [-0.3, -0.25) is 9.59 Å². The predicted octanol–water partition coefficient (Wildman–Crippen LogP) is 1.28. The van der Waals surface area contributed by atoms with E-state index in [1.165, 1.54) is 32.2 Å². The van der Waals surface area contributed by atoms with Crippen LogP contribution in [0.4, 0.5) is 4.39 Å². The summed E-state index contributed by atoms with van der Waals surface area (Å²) in [6.07, 6.45) is 0. The topological polar surface area (TPSA) is 75.6 Å². The van der Waals surface area contributed by atoms with Crippen LogP contribution in [0.1, 0.15) is 17.3 Å². The van der Waals surface area contributed by atoms with Gasteiger partial charge >= 0.3 is 5.97 Å². The van der Waals surface area contributed by atoms with Gasteiger partial charge in [-0.25, -0.2) is 4.39 Å². The van der Waals surface area contributed by atoms with E-state index in [4.69, 9.17) is 9.84 Å². The maximum absolute atomic E-state index is 13.7. The van der Waals surface area contributed by atoms with Crippen LogP contribution in [0.3, 0.4) is 0 Å². The molecule has 6 heteroatoms. The first kappa shape index (κ1) is 14.0. The number of aliphatic carboxylic acids is 1. The van der Waals surface area contributed by atoms with Gasteiger partial charge in [0, 0.05) is 6.54 Å². The molecule has 1 aromatic rings. The number of hydrogen-bond acceptors (Lipinski definition) is 3. The minimum atomic E-state index is -1.03. The van der Waals surface area contributed by atoms with Crippen LogP contribution in [0, 0.1) is 11.7 Å². The number of hydrogen-bond donors (Lipinski definition) is 2. The molecule has 0 saturated heterocycles. The highest BCUT2D eigenvalue weighted by atomic mass is 19.1. The van der Waals surface area contributed by atoms with Gasteiger partial charge in [-0.15, -0.1) is 0 Å². The lowest BCUT2D eigenvalue weighted by atomic mass is 10.1. The van der Waals surface area contributed by atoms with Gasteiger partial charge < -0.3 is 15.2 Å². The number of methoxy groups -OCH3 is 1. The average Bonchev–Trinajstić information content (AvgIpc) is 2.35. The molecule has 1 aromatic carbocycles.